The highest BCUT2D eigenvalue weighted by atomic mass is 32.2. The number of rotatable bonds is 3. The summed E-state index contributed by atoms with van der Waals surface area (Å²) >= 11 is 1.49. The van der Waals surface area contributed by atoms with Crippen molar-refractivity contribution in [1.29, 1.82) is 0 Å². The molecular weight excluding hydrogens is 418 g/mol. The standard InChI is InChI=1S/C22H23N3O3S2/c26-21(24-18-7-3-5-14-4-1-2-6-17(14)18)15-8-10-16(11-9-15)23-22-25-19-12-30(27,28)13-20(19)29-22/h1-2,4,6,8-11,18-20H,3,5,7,12-13H2,(H,23,25)(H,24,26). The highest BCUT2D eigenvalue weighted by molar-refractivity contribution is 8.15. The van der Waals surface area contributed by atoms with Gasteiger partial charge in [0, 0.05) is 16.5 Å². The normalized spacial score (nSPS) is 26.4. The second-order valence-electron chi connectivity index (χ2n) is 8.05. The first-order valence-corrected chi connectivity index (χ1v) is 12.9. The predicted molar refractivity (Wildman–Crippen MR) is 121 cm³/mol. The lowest BCUT2D eigenvalue weighted by Crippen LogP contribution is -2.30. The summed E-state index contributed by atoms with van der Waals surface area (Å²) in [5, 5.41) is 7.18. The molecular formula is C22H23N3O3S2. The van der Waals surface area contributed by atoms with Gasteiger partial charge in [-0.3, -0.25) is 9.79 Å². The quantitative estimate of drug-likeness (QED) is 0.764. The summed E-state index contributed by atoms with van der Waals surface area (Å²) in [6.07, 6.45) is 3.10. The Morgan fingerprint density at radius 1 is 1.07 bits per heavy atom. The van der Waals surface area contributed by atoms with E-state index in [4.69, 9.17) is 0 Å². The average Bonchev–Trinajstić information content (AvgIpc) is 3.21. The van der Waals surface area contributed by atoms with Gasteiger partial charge < -0.3 is 10.6 Å². The van der Waals surface area contributed by atoms with E-state index in [1.807, 2.05) is 24.3 Å². The molecule has 3 unspecified atom stereocenters. The number of fused-ring (bicyclic) bond motifs is 2. The fraction of sp³-hybridized carbons (Fsp3) is 0.364. The molecule has 2 heterocycles. The van der Waals surface area contributed by atoms with E-state index in [-0.39, 0.29) is 34.7 Å². The van der Waals surface area contributed by atoms with Gasteiger partial charge in [-0.15, -0.1) is 0 Å². The van der Waals surface area contributed by atoms with Crippen LogP contribution in [0.2, 0.25) is 0 Å². The molecule has 1 fully saturated rings. The number of carbonyl (C=O) groups is 1. The molecule has 2 N–H and O–H groups in total. The van der Waals surface area contributed by atoms with E-state index in [0.29, 0.717) is 5.56 Å². The van der Waals surface area contributed by atoms with Crippen LogP contribution in [-0.2, 0) is 16.3 Å². The van der Waals surface area contributed by atoms with Crippen LogP contribution in [0, 0.1) is 0 Å². The molecule has 3 atom stereocenters. The lowest BCUT2D eigenvalue weighted by Gasteiger charge is -2.26. The zero-order valence-corrected chi connectivity index (χ0v) is 18.0. The van der Waals surface area contributed by atoms with Crippen LogP contribution in [0.5, 0.6) is 0 Å². The number of nitrogens with one attached hydrogen (secondary N) is 2. The first kappa shape index (κ1) is 19.6. The molecule has 30 heavy (non-hydrogen) atoms. The van der Waals surface area contributed by atoms with E-state index in [1.165, 1.54) is 22.9 Å². The van der Waals surface area contributed by atoms with Crippen molar-refractivity contribution in [3.05, 3.63) is 65.2 Å². The van der Waals surface area contributed by atoms with Crippen molar-refractivity contribution < 1.29 is 13.2 Å². The third kappa shape index (κ3) is 3.98. The van der Waals surface area contributed by atoms with Gasteiger partial charge >= 0.3 is 0 Å². The second-order valence-corrected chi connectivity index (χ2v) is 11.4. The van der Waals surface area contributed by atoms with E-state index in [1.54, 1.807) is 12.1 Å². The van der Waals surface area contributed by atoms with Crippen LogP contribution < -0.4 is 10.6 Å². The molecule has 0 saturated carbocycles. The van der Waals surface area contributed by atoms with Gasteiger partial charge in [0.1, 0.15) is 0 Å². The van der Waals surface area contributed by atoms with Crippen molar-refractivity contribution in [3.63, 3.8) is 0 Å². The van der Waals surface area contributed by atoms with Crippen molar-refractivity contribution in [2.24, 2.45) is 4.99 Å². The van der Waals surface area contributed by atoms with Gasteiger partial charge in [-0.2, -0.15) is 0 Å². The summed E-state index contributed by atoms with van der Waals surface area (Å²) in [6.45, 7) is 0. The number of nitrogens with zero attached hydrogens (tertiary/aromatic N) is 1. The zero-order chi connectivity index (χ0) is 20.7. The fourth-order valence-corrected chi connectivity index (χ4v) is 8.07. The smallest absolute Gasteiger partial charge is 0.251 e. The minimum atomic E-state index is -2.95. The first-order chi connectivity index (χ1) is 14.5. The minimum Gasteiger partial charge on any atom is -0.345 e. The molecule has 1 saturated heterocycles. The minimum absolute atomic E-state index is 0.0147. The summed E-state index contributed by atoms with van der Waals surface area (Å²) in [4.78, 5) is 17.3. The van der Waals surface area contributed by atoms with E-state index >= 15 is 0 Å². The number of hydrogen-bond donors (Lipinski definition) is 2. The Balaban J connectivity index is 1.22. The van der Waals surface area contributed by atoms with Crippen molar-refractivity contribution in [2.75, 3.05) is 16.8 Å². The maximum absolute atomic E-state index is 12.8. The average molecular weight is 442 g/mol. The summed E-state index contributed by atoms with van der Waals surface area (Å²) in [6, 6.07) is 15.6. The summed E-state index contributed by atoms with van der Waals surface area (Å²) < 4.78 is 23.4. The van der Waals surface area contributed by atoms with E-state index in [9.17, 15) is 13.2 Å². The molecule has 2 aromatic carbocycles. The zero-order valence-electron chi connectivity index (χ0n) is 16.4. The molecule has 1 amide bonds. The Bertz CT molecular complexity index is 1110. The summed E-state index contributed by atoms with van der Waals surface area (Å²) in [7, 11) is -2.95. The van der Waals surface area contributed by atoms with Crippen LogP contribution in [0.1, 0.15) is 40.4 Å². The van der Waals surface area contributed by atoms with Crippen LogP contribution in [0.3, 0.4) is 0 Å². The molecule has 1 aliphatic carbocycles. The van der Waals surface area contributed by atoms with Gasteiger partial charge in [0.2, 0.25) is 0 Å². The summed E-state index contributed by atoms with van der Waals surface area (Å²) in [5.41, 5.74) is 4.00. The molecule has 5 rings (SSSR count). The van der Waals surface area contributed by atoms with Crippen molar-refractivity contribution in [1.82, 2.24) is 5.32 Å². The number of amides is 1. The maximum atomic E-state index is 12.8. The maximum Gasteiger partial charge on any atom is 0.251 e. The Morgan fingerprint density at radius 3 is 2.67 bits per heavy atom. The summed E-state index contributed by atoms with van der Waals surface area (Å²) in [5.74, 6) is 0.259. The SMILES string of the molecule is O=C(NC1CCCc2ccccc21)c1ccc(NC2=NC3CS(=O)(=O)CC3S2)cc1. The number of hydrogen-bond acceptors (Lipinski definition) is 6. The molecule has 3 aliphatic rings. The molecule has 8 heteroatoms. The van der Waals surface area contributed by atoms with Gasteiger partial charge in [-0.1, -0.05) is 36.0 Å². The van der Waals surface area contributed by atoms with Gasteiger partial charge in [-0.25, -0.2) is 8.42 Å². The highest BCUT2D eigenvalue weighted by Crippen LogP contribution is 2.34. The molecule has 0 aromatic heterocycles. The Hall–Kier alpha value is -2.32. The van der Waals surface area contributed by atoms with E-state index in [2.05, 4.69) is 27.8 Å². The van der Waals surface area contributed by atoms with Crippen LogP contribution in [0.4, 0.5) is 5.69 Å². The number of sulfone groups is 1. The third-order valence-electron chi connectivity index (χ3n) is 5.89. The molecule has 6 nitrogen and oxygen atoms in total. The van der Waals surface area contributed by atoms with Crippen molar-refractivity contribution in [2.45, 2.75) is 36.6 Å². The Morgan fingerprint density at radius 2 is 1.87 bits per heavy atom. The monoisotopic (exact) mass is 441 g/mol. The Kier molecular flexibility index (Phi) is 5.06. The van der Waals surface area contributed by atoms with Gasteiger partial charge in [0.05, 0.1) is 23.6 Å². The van der Waals surface area contributed by atoms with E-state index < -0.39 is 9.84 Å². The molecule has 0 radical (unpaired) electrons. The number of aryl methyl sites for hydroxylation is 1. The lowest BCUT2D eigenvalue weighted by atomic mass is 9.87. The Labute approximate surface area is 180 Å². The first-order valence-electron chi connectivity index (χ1n) is 10.2. The second kappa shape index (κ2) is 7.74. The van der Waals surface area contributed by atoms with Gasteiger partial charge in [-0.05, 0) is 54.7 Å². The van der Waals surface area contributed by atoms with Crippen LogP contribution in [0.15, 0.2) is 53.5 Å². The number of carbonyl (C=O) groups excluding carboxylic acids is 1. The molecule has 2 aliphatic heterocycles. The van der Waals surface area contributed by atoms with E-state index in [0.717, 1.165) is 30.1 Å². The van der Waals surface area contributed by atoms with Crippen LogP contribution >= 0.6 is 11.8 Å². The number of aliphatic imine (C=N–C) groups is 1. The number of benzene rings is 2. The van der Waals surface area contributed by atoms with Gasteiger partial charge in [0.25, 0.3) is 5.91 Å². The molecule has 0 spiro atoms. The van der Waals surface area contributed by atoms with Gasteiger partial charge in [0.15, 0.2) is 15.0 Å². The number of thioether (sulfide) groups is 1. The van der Waals surface area contributed by atoms with Crippen molar-refractivity contribution in [3.8, 4) is 0 Å². The fourth-order valence-electron chi connectivity index (χ4n) is 4.39. The predicted octanol–water partition coefficient (Wildman–Crippen LogP) is 3.17. The molecule has 2 aromatic rings. The number of anilines is 1. The van der Waals surface area contributed by atoms with Crippen LogP contribution in [-0.4, -0.2) is 42.3 Å². The number of amidine groups is 1. The van der Waals surface area contributed by atoms with Crippen molar-refractivity contribution >= 4 is 38.4 Å². The topological polar surface area (TPSA) is 87.6 Å². The van der Waals surface area contributed by atoms with Crippen LogP contribution in [0.25, 0.3) is 0 Å². The third-order valence-corrected chi connectivity index (χ3v) is 9.03. The highest BCUT2D eigenvalue weighted by Gasteiger charge is 2.42. The molecule has 0 bridgehead atoms. The largest absolute Gasteiger partial charge is 0.345 e. The molecule has 156 valence electrons. The lowest BCUT2D eigenvalue weighted by molar-refractivity contribution is 0.0933.